The SMILES string of the molecule is COC(=O)[C@]1(CO)N[C@H](c2cccs2)[C@@H]2C(=O)N(c3ccccc3)C(=O)[C@H]21. The molecule has 2 amide bonds. The lowest BCUT2D eigenvalue weighted by Crippen LogP contribution is -2.58. The van der Waals surface area contributed by atoms with Crippen molar-refractivity contribution >= 4 is 34.8 Å². The number of ether oxygens (including phenoxy) is 1. The fourth-order valence-electron chi connectivity index (χ4n) is 4.13. The van der Waals surface area contributed by atoms with Gasteiger partial charge in [0.05, 0.1) is 37.3 Å². The number of carbonyl (C=O) groups is 3. The molecular formula is C19H18N2O5S. The van der Waals surface area contributed by atoms with Crippen LogP contribution >= 0.6 is 11.3 Å². The van der Waals surface area contributed by atoms with Gasteiger partial charge in [0, 0.05) is 4.88 Å². The van der Waals surface area contributed by atoms with Crippen LogP contribution in [0.2, 0.25) is 0 Å². The van der Waals surface area contributed by atoms with Crippen molar-refractivity contribution in [3.63, 3.8) is 0 Å². The molecule has 3 heterocycles. The molecule has 2 aliphatic rings. The van der Waals surface area contributed by atoms with Crippen LogP contribution in [0.4, 0.5) is 5.69 Å². The van der Waals surface area contributed by atoms with E-state index < -0.39 is 41.9 Å². The predicted molar refractivity (Wildman–Crippen MR) is 97.9 cm³/mol. The summed E-state index contributed by atoms with van der Waals surface area (Å²) in [4.78, 5) is 41.0. The summed E-state index contributed by atoms with van der Waals surface area (Å²) < 4.78 is 4.89. The molecule has 0 spiro atoms. The number of nitrogens with one attached hydrogen (secondary N) is 1. The van der Waals surface area contributed by atoms with Gasteiger partial charge in [-0.15, -0.1) is 11.3 Å². The zero-order chi connectivity index (χ0) is 19.2. The number of rotatable bonds is 4. The second kappa shape index (κ2) is 6.56. The minimum atomic E-state index is -1.66. The number of hydrogen-bond acceptors (Lipinski definition) is 7. The van der Waals surface area contributed by atoms with E-state index in [0.29, 0.717) is 5.69 Å². The fraction of sp³-hybridized carbons (Fsp3) is 0.316. The van der Waals surface area contributed by atoms with Crippen LogP contribution in [-0.4, -0.2) is 42.1 Å². The van der Waals surface area contributed by atoms with Crippen molar-refractivity contribution in [1.82, 2.24) is 5.32 Å². The van der Waals surface area contributed by atoms with Crippen LogP contribution in [0.1, 0.15) is 10.9 Å². The minimum absolute atomic E-state index is 0.388. The van der Waals surface area contributed by atoms with Gasteiger partial charge in [-0.2, -0.15) is 0 Å². The third kappa shape index (κ3) is 2.44. The standard InChI is InChI=1S/C19H18N2O5S/c1-26-18(25)19(10-22)14-13(15(20-19)12-8-5-9-27-12)16(23)21(17(14)24)11-6-3-2-4-7-11/h2-9,13-15,20,22H,10H2,1H3/t13-,14+,15-,19-/m1/s1. The van der Waals surface area contributed by atoms with Crippen molar-refractivity contribution in [2.45, 2.75) is 11.6 Å². The number of amides is 2. The number of nitrogens with zero attached hydrogens (tertiary/aromatic N) is 1. The van der Waals surface area contributed by atoms with Crippen molar-refractivity contribution < 1.29 is 24.2 Å². The zero-order valence-corrected chi connectivity index (χ0v) is 15.3. The largest absolute Gasteiger partial charge is 0.468 e. The molecule has 27 heavy (non-hydrogen) atoms. The normalized spacial score (nSPS) is 29.9. The van der Waals surface area contributed by atoms with E-state index in [4.69, 9.17) is 4.74 Å². The topological polar surface area (TPSA) is 95.9 Å². The first-order valence-electron chi connectivity index (χ1n) is 8.48. The molecule has 0 saturated carbocycles. The summed E-state index contributed by atoms with van der Waals surface area (Å²) in [6.45, 7) is -0.648. The monoisotopic (exact) mass is 386 g/mol. The molecule has 4 rings (SSSR count). The third-order valence-electron chi connectivity index (χ3n) is 5.32. The molecule has 0 unspecified atom stereocenters. The number of aliphatic hydroxyl groups is 1. The molecule has 2 saturated heterocycles. The summed E-state index contributed by atoms with van der Waals surface area (Å²) in [5, 5.41) is 15.0. The highest BCUT2D eigenvalue weighted by Crippen LogP contribution is 2.50. The van der Waals surface area contributed by atoms with Crippen molar-refractivity contribution in [2.24, 2.45) is 11.8 Å². The van der Waals surface area contributed by atoms with Gasteiger partial charge in [0.1, 0.15) is 0 Å². The molecule has 1 aromatic heterocycles. The quantitative estimate of drug-likeness (QED) is 0.604. The first-order chi connectivity index (χ1) is 13.0. The Hall–Kier alpha value is -2.55. The molecule has 2 aromatic rings. The molecule has 1 aromatic carbocycles. The molecule has 0 radical (unpaired) electrons. The van der Waals surface area contributed by atoms with Gasteiger partial charge < -0.3 is 9.84 Å². The van der Waals surface area contributed by atoms with Gasteiger partial charge in [-0.05, 0) is 23.6 Å². The molecule has 4 atom stereocenters. The van der Waals surface area contributed by atoms with Gasteiger partial charge in [0.15, 0.2) is 5.54 Å². The van der Waals surface area contributed by atoms with Crippen LogP contribution in [0.25, 0.3) is 0 Å². The Kier molecular flexibility index (Phi) is 4.33. The Bertz CT molecular complexity index is 885. The van der Waals surface area contributed by atoms with E-state index in [1.807, 2.05) is 17.5 Å². The predicted octanol–water partition coefficient (Wildman–Crippen LogP) is 1.10. The number of benzene rings is 1. The molecular weight excluding hydrogens is 368 g/mol. The Morgan fingerprint density at radius 3 is 2.56 bits per heavy atom. The van der Waals surface area contributed by atoms with E-state index >= 15 is 0 Å². The number of thiophene rings is 1. The summed E-state index contributed by atoms with van der Waals surface area (Å²) in [5.41, 5.74) is -1.21. The average molecular weight is 386 g/mol. The maximum absolute atomic E-state index is 13.3. The number of esters is 1. The Labute approximate surface area is 159 Å². The first-order valence-corrected chi connectivity index (χ1v) is 9.36. The number of carbonyl (C=O) groups excluding carboxylic acids is 3. The second-order valence-electron chi connectivity index (χ2n) is 6.61. The molecule has 0 bridgehead atoms. The number of hydrogen-bond donors (Lipinski definition) is 2. The van der Waals surface area contributed by atoms with Gasteiger partial charge >= 0.3 is 5.97 Å². The lowest BCUT2D eigenvalue weighted by Gasteiger charge is -2.30. The number of imide groups is 1. The molecule has 140 valence electrons. The van der Waals surface area contributed by atoms with Crippen LogP contribution in [-0.2, 0) is 19.1 Å². The summed E-state index contributed by atoms with van der Waals surface area (Å²) in [7, 11) is 1.20. The summed E-state index contributed by atoms with van der Waals surface area (Å²) in [5.74, 6) is -3.50. The first kappa shape index (κ1) is 17.8. The molecule has 7 nitrogen and oxygen atoms in total. The minimum Gasteiger partial charge on any atom is -0.468 e. The summed E-state index contributed by atoms with van der Waals surface area (Å²) in [6, 6.07) is 11.7. The number of fused-ring (bicyclic) bond motifs is 1. The molecule has 2 N–H and O–H groups in total. The highest BCUT2D eigenvalue weighted by Gasteiger charge is 2.69. The van der Waals surface area contributed by atoms with Crippen LogP contribution < -0.4 is 10.2 Å². The molecule has 8 heteroatoms. The van der Waals surface area contributed by atoms with Crippen LogP contribution in [0.3, 0.4) is 0 Å². The van der Waals surface area contributed by atoms with Gasteiger partial charge in [0.2, 0.25) is 11.8 Å². The van der Waals surface area contributed by atoms with Crippen LogP contribution in [0.5, 0.6) is 0 Å². The van der Waals surface area contributed by atoms with Crippen molar-refractivity contribution in [2.75, 3.05) is 18.6 Å². The van der Waals surface area contributed by atoms with Gasteiger partial charge in [0.25, 0.3) is 0 Å². The maximum Gasteiger partial charge on any atom is 0.329 e. The van der Waals surface area contributed by atoms with E-state index in [1.165, 1.54) is 18.4 Å². The smallest absolute Gasteiger partial charge is 0.329 e. The van der Waals surface area contributed by atoms with Crippen molar-refractivity contribution in [3.05, 3.63) is 52.7 Å². The number of para-hydroxylation sites is 1. The van der Waals surface area contributed by atoms with Crippen molar-refractivity contribution in [3.8, 4) is 0 Å². The van der Waals surface area contributed by atoms with E-state index in [2.05, 4.69) is 5.32 Å². The second-order valence-corrected chi connectivity index (χ2v) is 7.59. The Morgan fingerprint density at radius 2 is 1.96 bits per heavy atom. The highest BCUT2D eigenvalue weighted by molar-refractivity contribution is 7.10. The van der Waals surface area contributed by atoms with Gasteiger partial charge in [-0.3, -0.25) is 14.9 Å². The number of anilines is 1. The lowest BCUT2D eigenvalue weighted by molar-refractivity contribution is -0.154. The lowest BCUT2D eigenvalue weighted by atomic mass is 9.80. The zero-order valence-electron chi connectivity index (χ0n) is 14.5. The molecule has 0 aliphatic carbocycles. The fourth-order valence-corrected chi connectivity index (χ4v) is 4.95. The van der Waals surface area contributed by atoms with E-state index in [0.717, 1.165) is 9.78 Å². The van der Waals surface area contributed by atoms with E-state index in [9.17, 15) is 19.5 Å². The Morgan fingerprint density at radius 1 is 1.22 bits per heavy atom. The number of methoxy groups -OCH3 is 1. The third-order valence-corrected chi connectivity index (χ3v) is 6.27. The average Bonchev–Trinajstić information content (AvgIpc) is 3.39. The number of aliphatic hydroxyl groups excluding tert-OH is 1. The highest BCUT2D eigenvalue weighted by atomic mass is 32.1. The van der Waals surface area contributed by atoms with Gasteiger partial charge in [-0.25, -0.2) is 9.69 Å². The van der Waals surface area contributed by atoms with Crippen LogP contribution in [0.15, 0.2) is 47.8 Å². The summed E-state index contributed by atoms with van der Waals surface area (Å²) >= 11 is 1.42. The molecule has 2 fully saturated rings. The summed E-state index contributed by atoms with van der Waals surface area (Å²) in [6.07, 6.45) is 0. The van der Waals surface area contributed by atoms with E-state index in [-0.39, 0.29) is 5.91 Å². The molecule has 2 aliphatic heterocycles. The van der Waals surface area contributed by atoms with E-state index in [1.54, 1.807) is 30.3 Å². The Balaban J connectivity index is 1.85. The van der Waals surface area contributed by atoms with Crippen molar-refractivity contribution in [1.29, 1.82) is 0 Å². The maximum atomic E-state index is 13.3. The van der Waals surface area contributed by atoms with Crippen LogP contribution in [0, 0.1) is 11.8 Å². The van der Waals surface area contributed by atoms with Gasteiger partial charge in [-0.1, -0.05) is 24.3 Å².